The molecule has 0 aliphatic rings. The topological polar surface area (TPSA) is 105 Å². The van der Waals surface area contributed by atoms with Crippen LogP contribution in [0.15, 0.2) is 84.9 Å². The van der Waals surface area contributed by atoms with Gasteiger partial charge in [-0.1, -0.05) is 127 Å². The number of nitrogens with two attached hydrogens (primary N) is 2. The number of carbonyl (C=O) groups excluding carboxylic acids is 2. The van der Waals surface area contributed by atoms with Gasteiger partial charge < -0.3 is 20.9 Å². The molecule has 0 aromatic heterocycles. The van der Waals surface area contributed by atoms with Gasteiger partial charge in [0.15, 0.2) is 0 Å². The van der Waals surface area contributed by atoms with Gasteiger partial charge in [0.2, 0.25) is 0 Å². The number of hydrogen-bond acceptors (Lipinski definition) is 6. The van der Waals surface area contributed by atoms with Crippen LogP contribution in [0.2, 0.25) is 0 Å². The highest BCUT2D eigenvalue weighted by molar-refractivity contribution is 6.03. The van der Waals surface area contributed by atoms with Gasteiger partial charge in [0, 0.05) is 11.4 Å². The van der Waals surface area contributed by atoms with Crippen molar-refractivity contribution < 1.29 is 19.1 Å². The molecule has 0 saturated carbocycles. The molecule has 0 fully saturated rings. The lowest BCUT2D eigenvalue weighted by Crippen LogP contribution is -2.15. The van der Waals surface area contributed by atoms with E-state index in [-0.39, 0.29) is 0 Å². The average molecular weight is 577 g/mol. The molecule has 3 aromatic rings. The Kier molecular flexibility index (Phi) is 21.5. The van der Waals surface area contributed by atoms with Gasteiger partial charge in [-0.2, -0.15) is 0 Å². The van der Waals surface area contributed by atoms with Crippen molar-refractivity contribution in [3.05, 3.63) is 96.1 Å². The molecule has 4 N–H and O–H groups in total. The molecule has 0 saturated heterocycles. The molecule has 3 aromatic carbocycles. The van der Waals surface area contributed by atoms with Gasteiger partial charge in [0.1, 0.15) is 0 Å². The van der Waals surface area contributed by atoms with Crippen molar-refractivity contribution in [1.29, 1.82) is 0 Å². The maximum absolute atomic E-state index is 12.4. The number of ether oxygens (including phenoxy) is 2. The van der Waals surface area contributed by atoms with Crippen molar-refractivity contribution in [2.45, 2.75) is 90.9 Å². The Morgan fingerprint density at radius 1 is 0.476 bits per heavy atom. The number of hydrogen-bond donors (Lipinski definition) is 2. The van der Waals surface area contributed by atoms with Crippen LogP contribution in [0.3, 0.4) is 0 Å². The van der Waals surface area contributed by atoms with Crippen LogP contribution in [-0.2, 0) is 9.47 Å². The molecular weight excluding hydrogens is 524 g/mol. The van der Waals surface area contributed by atoms with Crippen LogP contribution in [0.1, 0.15) is 112 Å². The molecule has 0 heterocycles. The third-order valence-electron chi connectivity index (χ3n) is 6.43. The summed E-state index contributed by atoms with van der Waals surface area (Å²) >= 11 is 0. The van der Waals surface area contributed by atoms with Crippen LogP contribution < -0.4 is 11.5 Å². The second kappa shape index (κ2) is 25.0. The van der Waals surface area contributed by atoms with Crippen LogP contribution in [-0.4, -0.2) is 25.2 Å². The highest BCUT2D eigenvalue weighted by atomic mass is 16.5. The van der Waals surface area contributed by atoms with Crippen LogP contribution in [0.5, 0.6) is 0 Å². The monoisotopic (exact) mass is 576 g/mol. The predicted octanol–water partition coefficient (Wildman–Crippen LogP) is 9.26. The molecule has 0 aliphatic carbocycles. The number of anilines is 2. The second-order valence-electron chi connectivity index (χ2n) is 10.2. The largest absolute Gasteiger partial charge is 0.462 e. The summed E-state index contributed by atoms with van der Waals surface area (Å²) in [7, 11) is 0. The first-order valence-corrected chi connectivity index (χ1v) is 15.5. The van der Waals surface area contributed by atoms with Gasteiger partial charge in [0.25, 0.3) is 0 Å². The fraction of sp³-hybridized carbons (Fsp3) is 0.444. The van der Waals surface area contributed by atoms with Crippen LogP contribution >= 0.6 is 0 Å². The normalized spacial score (nSPS) is 9.95. The standard InChI is InChI=1S/C24H38O4.C6H8N2.C6H6/c1-3-5-7-9-11-15-19-27-23(25)21-17-13-14-18-22(21)24(26)28-20-16-12-10-8-6-4-2;7-5-1-2-6(8)4-3-5;1-2-4-6-5-3-1/h13-14,17-18H,3-12,15-16,19-20H2,1-2H3;1-4H,7-8H2;1-6H. The van der Waals surface area contributed by atoms with E-state index in [1.807, 2.05) is 36.4 Å². The number of esters is 2. The van der Waals surface area contributed by atoms with Gasteiger partial charge in [-0.3, -0.25) is 0 Å². The minimum atomic E-state index is -0.444. The van der Waals surface area contributed by atoms with Gasteiger partial charge in [-0.25, -0.2) is 9.59 Å². The van der Waals surface area contributed by atoms with E-state index in [2.05, 4.69) is 13.8 Å². The maximum Gasteiger partial charge on any atom is 0.339 e. The van der Waals surface area contributed by atoms with Gasteiger partial charge in [0.05, 0.1) is 24.3 Å². The smallest absolute Gasteiger partial charge is 0.339 e. The molecule has 0 amide bonds. The van der Waals surface area contributed by atoms with Crippen molar-refractivity contribution in [3.8, 4) is 0 Å². The molecular formula is C36H52N2O4. The van der Waals surface area contributed by atoms with E-state index < -0.39 is 11.9 Å². The zero-order valence-corrected chi connectivity index (χ0v) is 25.8. The van der Waals surface area contributed by atoms with Crippen molar-refractivity contribution in [3.63, 3.8) is 0 Å². The molecule has 0 spiro atoms. The summed E-state index contributed by atoms with van der Waals surface area (Å²) in [5.41, 5.74) is 12.8. The van der Waals surface area contributed by atoms with E-state index in [1.54, 1.807) is 48.5 Å². The van der Waals surface area contributed by atoms with E-state index in [0.717, 1.165) is 37.1 Å². The molecule has 6 nitrogen and oxygen atoms in total. The van der Waals surface area contributed by atoms with Crippen LogP contribution in [0.25, 0.3) is 0 Å². The first kappa shape index (κ1) is 36.2. The van der Waals surface area contributed by atoms with Crippen molar-refractivity contribution in [1.82, 2.24) is 0 Å². The zero-order valence-electron chi connectivity index (χ0n) is 25.8. The van der Waals surface area contributed by atoms with Gasteiger partial charge in [-0.15, -0.1) is 0 Å². The number of unbranched alkanes of at least 4 members (excludes halogenated alkanes) is 10. The Hall–Kier alpha value is -3.80. The summed E-state index contributed by atoms with van der Waals surface area (Å²) in [6.45, 7) is 5.17. The molecule has 0 aliphatic heterocycles. The Balaban J connectivity index is 0.000000504. The van der Waals surface area contributed by atoms with Crippen molar-refractivity contribution in [2.75, 3.05) is 24.7 Å². The highest BCUT2D eigenvalue weighted by Crippen LogP contribution is 2.14. The summed E-state index contributed by atoms with van der Waals surface area (Å²) in [6.07, 6.45) is 13.6. The average Bonchev–Trinajstić information content (AvgIpc) is 3.03. The molecule has 230 valence electrons. The van der Waals surface area contributed by atoms with Gasteiger partial charge >= 0.3 is 11.9 Å². The highest BCUT2D eigenvalue weighted by Gasteiger charge is 2.18. The van der Waals surface area contributed by atoms with Crippen molar-refractivity contribution >= 4 is 23.3 Å². The number of benzene rings is 3. The lowest BCUT2D eigenvalue weighted by molar-refractivity contribution is 0.0450. The van der Waals surface area contributed by atoms with Crippen LogP contribution in [0, 0.1) is 0 Å². The number of carbonyl (C=O) groups is 2. The van der Waals surface area contributed by atoms with Crippen molar-refractivity contribution in [2.24, 2.45) is 0 Å². The predicted molar refractivity (Wildman–Crippen MR) is 175 cm³/mol. The quantitative estimate of drug-likeness (QED) is 0.100. The first-order chi connectivity index (χ1) is 20.5. The molecule has 6 heteroatoms. The van der Waals surface area contributed by atoms with Crippen LogP contribution in [0.4, 0.5) is 11.4 Å². The molecule has 0 bridgehead atoms. The molecule has 0 atom stereocenters. The second-order valence-corrected chi connectivity index (χ2v) is 10.2. The number of nitrogen functional groups attached to an aromatic ring is 2. The molecule has 0 radical (unpaired) electrons. The molecule has 0 unspecified atom stereocenters. The number of rotatable bonds is 16. The fourth-order valence-electron chi connectivity index (χ4n) is 3.97. The fourth-order valence-corrected chi connectivity index (χ4v) is 3.97. The third kappa shape index (κ3) is 18.5. The summed E-state index contributed by atoms with van der Waals surface area (Å²) < 4.78 is 10.7. The van der Waals surface area contributed by atoms with E-state index in [1.165, 1.54) is 51.4 Å². The Morgan fingerprint density at radius 2 is 0.786 bits per heavy atom. The summed E-state index contributed by atoms with van der Waals surface area (Å²) in [6, 6.07) is 25.8. The summed E-state index contributed by atoms with van der Waals surface area (Å²) in [4.78, 5) is 24.7. The maximum atomic E-state index is 12.4. The first-order valence-electron chi connectivity index (χ1n) is 15.5. The van der Waals surface area contributed by atoms with Gasteiger partial charge in [-0.05, 0) is 49.2 Å². The lowest BCUT2D eigenvalue weighted by atomic mass is 10.1. The minimum Gasteiger partial charge on any atom is -0.462 e. The van der Waals surface area contributed by atoms with E-state index in [0.29, 0.717) is 24.3 Å². The third-order valence-corrected chi connectivity index (χ3v) is 6.43. The minimum absolute atomic E-state index is 0.293. The Labute approximate surface area is 253 Å². The SMILES string of the molecule is CCCCCCCCOC(=O)c1ccccc1C(=O)OCCCCCCCC.Nc1ccc(N)cc1.c1ccccc1. The van der Waals surface area contributed by atoms with E-state index in [4.69, 9.17) is 20.9 Å². The van der Waals surface area contributed by atoms with E-state index in [9.17, 15) is 9.59 Å². The van der Waals surface area contributed by atoms with E-state index >= 15 is 0 Å². The molecule has 42 heavy (non-hydrogen) atoms. The Bertz CT molecular complexity index is 975. The Morgan fingerprint density at radius 3 is 1.12 bits per heavy atom. The zero-order chi connectivity index (χ0) is 30.7. The lowest BCUT2D eigenvalue weighted by Gasteiger charge is -2.10. The molecule has 3 rings (SSSR count). The summed E-state index contributed by atoms with van der Waals surface area (Å²) in [5, 5.41) is 0. The summed E-state index contributed by atoms with van der Waals surface area (Å²) in [5.74, 6) is -0.888.